The molecular weight excluding hydrogens is 522 g/mol. The van der Waals surface area contributed by atoms with Crippen molar-refractivity contribution in [1.82, 2.24) is 14.1 Å². The molecule has 6 aromatic carbocycles. The summed E-state index contributed by atoms with van der Waals surface area (Å²) in [6.45, 7) is 4.75. The van der Waals surface area contributed by atoms with Gasteiger partial charge in [-0.15, -0.1) is 0 Å². The summed E-state index contributed by atoms with van der Waals surface area (Å²) in [5.74, 6) is 0.937. The van der Waals surface area contributed by atoms with Gasteiger partial charge >= 0.3 is 0 Å². The molecule has 1 aliphatic carbocycles. The molecule has 3 heteroatoms. The lowest BCUT2D eigenvalue weighted by molar-refractivity contribution is 0.666. The molecule has 0 amide bonds. The van der Waals surface area contributed by atoms with Crippen LogP contribution in [0.15, 0.2) is 140 Å². The van der Waals surface area contributed by atoms with Gasteiger partial charge in [0.15, 0.2) is 0 Å². The topological polar surface area (TPSA) is 22.8 Å². The lowest BCUT2D eigenvalue weighted by Crippen LogP contribution is -2.15. The number of benzene rings is 6. The highest BCUT2D eigenvalue weighted by atomic mass is 15.1. The van der Waals surface area contributed by atoms with E-state index in [2.05, 4.69) is 163 Å². The number of aromatic nitrogens is 3. The maximum atomic E-state index is 5.15. The molecule has 0 saturated heterocycles. The summed E-state index contributed by atoms with van der Waals surface area (Å²) in [7, 11) is 0. The molecule has 0 bridgehead atoms. The molecule has 2 heterocycles. The van der Waals surface area contributed by atoms with Crippen LogP contribution in [0.25, 0.3) is 66.7 Å². The number of imidazole rings is 1. The monoisotopic (exact) mass is 551 g/mol. The lowest BCUT2D eigenvalue weighted by Gasteiger charge is -2.22. The van der Waals surface area contributed by atoms with Crippen molar-refractivity contribution in [3.63, 3.8) is 0 Å². The summed E-state index contributed by atoms with van der Waals surface area (Å²) in [5, 5.41) is 2.63. The highest BCUT2D eigenvalue weighted by molar-refractivity contribution is 6.14. The Balaban J connectivity index is 1.31. The lowest BCUT2D eigenvalue weighted by atomic mass is 9.80. The summed E-state index contributed by atoms with van der Waals surface area (Å²) in [4.78, 5) is 5.15. The van der Waals surface area contributed by atoms with E-state index in [0.29, 0.717) is 0 Å². The van der Waals surface area contributed by atoms with E-state index in [1.54, 1.807) is 0 Å². The Morgan fingerprint density at radius 3 is 2.14 bits per heavy atom. The second-order valence-corrected chi connectivity index (χ2v) is 12.1. The van der Waals surface area contributed by atoms with Crippen molar-refractivity contribution in [3.8, 4) is 33.9 Å². The minimum atomic E-state index is -0.0945. The first-order valence-electron chi connectivity index (χ1n) is 14.9. The van der Waals surface area contributed by atoms with Crippen LogP contribution in [0, 0.1) is 0 Å². The SMILES string of the molecule is CC1(C)c2ccccc2-c2ccc3c(c21)c1ccccc1n3-c1cccc(-c2nc3ccccc3n2-c2ccccc2)c1. The highest BCUT2D eigenvalue weighted by Crippen LogP contribution is 2.53. The van der Waals surface area contributed by atoms with Crippen molar-refractivity contribution in [1.29, 1.82) is 0 Å². The van der Waals surface area contributed by atoms with Crippen LogP contribution in [0.1, 0.15) is 25.0 Å². The van der Waals surface area contributed by atoms with Gasteiger partial charge in [-0.1, -0.05) is 105 Å². The van der Waals surface area contributed by atoms with E-state index in [0.717, 1.165) is 33.8 Å². The second-order valence-electron chi connectivity index (χ2n) is 12.1. The summed E-state index contributed by atoms with van der Waals surface area (Å²) in [6, 6.07) is 50.1. The van der Waals surface area contributed by atoms with Gasteiger partial charge in [0, 0.05) is 33.1 Å². The first kappa shape index (κ1) is 24.2. The Hall–Kier alpha value is -5.41. The molecule has 9 rings (SSSR count). The first-order valence-corrected chi connectivity index (χ1v) is 14.9. The Kier molecular flexibility index (Phi) is 4.95. The van der Waals surface area contributed by atoms with Gasteiger partial charge in [0.25, 0.3) is 0 Å². The van der Waals surface area contributed by atoms with Crippen LogP contribution in [-0.2, 0) is 5.41 Å². The summed E-state index contributed by atoms with van der Waals surface area (Å²) >= 11 is 0. The molecule has 2 aromatic heterocycles. The summed E-state index contributed by atoms with van der Waals surface area (Å²) in [5.41, 5.74) is 13.3. The molecule has 8 aromatic rings. The molecule has 0 saturated carbocycles. The van der Waals surface area contributed by atoms with E-state index < -0.39 is 0 Å². The molecule has 0 unspecified atom stereocenters. The van der Waals surface area contributed by atoms with E-state index >= 15 is 0 Å². The molecular formula is C40H29N3. The Morgan fingerprint density at radius 2 is 1.26 bits per heavy atom. The van der Waals surface area contributed by atoms with Crippen molar-refractivity contribution in [2.75, 3.05) is 0 Å². The van der Waals surface area contributed by atoms with Crippen LogP contribution in [-0.4, -0.2) is 14.1 Å². The van der Waals surface area contributed by atoms with Gasteiger partial charge in [-0.25, -0.2) is 4.98 Å². The van der Waals surface area contributed by atoms with Gasteiger partial charge in [0.1, 0.15) is 5.82 Å². The smallest absolute Gasteiger partial charge is 0.145 e. The molecule has 0 fully saturated rings. The third-order valence-electron chi connectivity index (χ3n) is 9.29. The van der Waals surface area contributed by atoms with E-state index in [1.165, 1.54) is 44.1 Å². The largest absolute Gasteiger partial charge is 0.309 e. The van der Waals surface area contributed by atoms with E-state index in [1.807, 2.05) is 0 Å². The predicted octanol–water partition coefficient (Wildman–Crippen LogP) is 10.1. The zero-order valence-corrected chi connectivity index (χ0v) is 24.1. The van der Waals surface area contributed by atoms with Crippen LogP contribution in [0.3, 0.4) is 0 Å². The fraction of sp³-hybridized carbons (Fsp3) is 0.0750. The van der Waals surface area contributed by atoms with Crippen LogP contribution in [0.4, 0.5) is 0 Å². The fourth-order valence-electron chi connectivity index (χ4n) is 7.45. The Labute approximate surface area is 250 Å². The van der Waals surface area contributed by atoms with Crippen molar-refractivity contribution in [2.24, 2.45) is 0 Å². The number of nitrogens with zero attached hydrogens (tertiary/aromatic N) is 3. The predicted molar refractivity (Wildman–Crippen MR) is 178 cm³/mol. The standard InChI is InChI=1S/C40H29N3/c1-40(2)32-19-8-6-17-29(32)30-23-24-36-37(38(30)40)31-18-7-10-21-34(31)42(36)28-16-12-13-26(25-28)39-41-33-20-9-11-22-35(33)43(39)27-14-4-3-5-15-27/h3-25H,1-2H3. The molecule has 1 aliphatic rings. The zero-order valence-electron chi connectivity index (χ0n) is 24.1. The second kappa shape index (κ2) is 8.80. The van der Waals surface area contributed by atoms with E-state index in [-0.39, 0.29) is 5.41 Å². The normalized spacial score (nSPS) is 13.5. The fourth-order valence-corrected chi connectivity index (χ4v) is 7.45. The number of para-hydroxylation sites is 4. The van der Waals surface area contributed by atoms with Gasteiger partial charge in [-0.05, 0) is 70.8 Å². The Morgan fingerprint density at radius 1 is 0.535 bits per heavy atom. The van der Waals surface area contributed by atoms with Crippen molar-refractivity contribution >= 4 is 32.8 Å². The molecule has 43 heavy (non-hydrogen) atoms. The van der Waals surface area contributed by atoms with Crippen molar-refractivity contribution in [3.05, 3.63) is 151 Å². The quantitative estimate of drug-likeness (QED) is 0.214. The van der Waals surface area contributed by atoms with Gasteiger partial charge in [0.2, 0.25) is 0 Å². The van der Waals surface area contributed by atoms with Gasteiger partial charge in [0.05, 0.1) is 22.1 Å². The molecule has 0 radical (unpaired) electrons. The van der Waals surface area contributed by atoms with Crippen LogP contribution in [0.5, 0.6) is 0 Å². The van der Waals surface area contributed by atoms with Gasteiger partial charge in [-0.3, -0.25) is 4.57 Å². The van der Waals surface area contributed by atoms with Gasteiger partial charge in [-0.2, -0.15) is 0 Å². The first-order chi connectivity index (χ1) is 21.1. The maximum Gasteiger partial charge on any atom is 0.145 e. The third-order valence-corrected chi connectivity index (χ3v) is 9.29. The highest BCUT2D eigenvalue weighted by Gasteiger charge is 2.38. The number of hydrogen-bond acceptors (Lipinski definition) is 1. The van der Waals surface area contributed by atoms with Gasteiger partial charge < -0.3 is 4.57 Å². The summed E-state index contributed by atoms with van der Waals surface area (Å²) < 4.78 is 4.70. The van der Waals surface area contributed by atoms with Crippen LogP contribution in [0.2, 0.25) is 0 Å². The maximum absolute atomic E-state index is 5.15. The number of hydrogen-bond donors (Lipinski definition) is 0. The minimum absolute atomic E-state index is 0.0945. The van der Waals surface area contributed by atoms with Crippen LogP contribution >= 0.6 is 0 Å². The zero-order chi connectivity index (χ0) is 28.7. The minimum Gasteiger partial charge on any atom is -0.309 e. The number of rotatable bonds is 3. The Bertz CT molecular complexity index is 2370. The van der Waals surface area contributed by atoms with Crippen molar-refractivity contribution < 1.29 is 0 Å². The average molecular weight is 552 g/mol. The van der Waals surface area contributed by atoms with E-state index in [4.69, 9.17) is 4.98 Å². The van der Waals surface area contributed by atoms with E-state index in [9.17, 15) is 0 Å². The average Bonchev–Trinajstić information content (AvgIpc) is 3.68. The molecule has 0 aliphatic heterocycles. The molecule has 204 valence electrons. The number of fused-ring (bicyclic) bond motifs is 8. The third kappa shape index (κ3) is 3.33. The van der Waals surface area contributed by atoms with Crippen LogP contribution < -0.4 is 0 Å². The summed E-state index contributed by atoms with van der Waals surface area (Å²) in [6.07, 6.45) is 0. The molecule has 3 nitrogen and oxygen atoms in total. The molecule has 0 N–H and O–H groups in total. The molecule has 0 atom stereocenters. The van der Waals surface area contributed by atoms with Crippen molar-refractivity contribution in [2.45, 2.75) is 19.3 Å². The molecule has 0 spiro atoms.